The summed E-state index contributed by atoms with van der Waals surface area (Å²) in [5, 5.41) is 5.42. The molecule has 9 rings (SSSR count). The number of rotatable bonds is 5. The lowest BCUT2D eigenvalue weighted by Gasteiger charge is -2.52. The van der Waals surface area contributed by atoms with Gasteiger partial charge in [-0.05, 0) is 39.9 Å². The predicted molar refractivity (Wildman–Crippen MR) is 156 cm³/mol. The molecule has 1 aromatic heterocycles. The van der Waals surface area contributed by atoms with Gasteiger partial charge in [0.25, 0.3) is 0 Å². The van der Waals surface area contributed by atoms with E-state index in [4.69, 9.17) is 5.10 Å². The number of para-hydroxylation sites is 1. The number of benzene rings is 4. The van der Waals surface area contributed by atoms with Crippen molar-refractivity contribution in [3.8, 4) is 0 Å². The second-order valence-electron chi connectivity index (χ2n) is 10.6. The highest BCUT2D eigenvalue weighted by Gasteiger charge is 2.67. The summed E-state index contributed by atoms with van der Waals surface area (Å²) in [4.78, 5) is 34.6. The van der Waals surface area contributed by atoms with E-state index in [1.165, 1.54) is 16.2 Å². The number of thiazole rings is 1. The third-order valence-electron chi connectivity index (χ3n) is 8.68. The van der Waals surface area contributed by atoms with Gasteiger partial charge in [0.05, 0.1) is 34.0 Å². The van der Waals surface area contributed by atoms with E-state index in [1.807, 2.05) is 85.1 Å². The van der Waals surface area contributed by atoms with Crippen LogP contribution in [-0.4, -0.2) is 27.9 Å². The molecule has 4 aliphatic rings. The molecule has 1 aliphatic heterocycles. The summed E-state index contributed by atoms with van der Waals surface area (Å²) in [7, 11) is 0. The van der Waals surface area contributed by atoms with Gasteiger partial charge >= 0.3 is 0 Å². The molecule has 2 amide bonds. The molecule has 2 bridgehead atoms. The van der Waals surface area contributed by atoms with Gasteiger partial charge in [0.1, 0.15) is 0 Å². The number of carbonyl (C=O) groups excluding carboxylic acids is 2. The van der Waals surface area contributed by atoms with Crippen molar-refractivity contribution in [3.63, 3.8) is 0 Å². The highest BCUT2D eigenvalue weighted by Crippen LogP contribution is 2.63. The fraction of sp³-hybridized carbons (Fsp3) is 0.152. The number of hydrogen-bond acceptors (Lipinski definition) is 6. The van der Waals surface area contributed by atoms with Gasteiger partial charge in [0.2, 0.25) is 16.9 Å². The van der Waals surface area contributed by atoms with Crippen LogP contribution in [0.15, 0.2) is 108 Å². The third-order valence-corrected chi connectivity index (χ3v) is 9.62. The van der Waals surface area contributed by atoms with Gasteiger partial charge in [-0.3, -0.25) is 19.9 Å². The topological polar surface area (TPSA) is 74.7 Å². The second kappa shape index (κ2) is 8.69. The van der Waals surface area contributed by atoms with E-state index in [0.717, 1.165) is 38.0 Å². The van der Waals surface area contributed by atoms with Crippen LogP contribution in [-0.2, 0) is 21.5 Å². The molecule has 4 aromatic carbocycles. The average Bonchev–Trinajstić information content (AvgIpc) is 3.52. The van der Waals surface area contributed by atoms with Gasteiger partial charge in [-0.1, -0.05) is 102 Å². The second-order valence-corrected chi connectivity index (χ2v) is 11.7. The normalized spacial score (nSPS) is 24.4. The molecule has 0 radical (unpaired) electrons. The number of anilines is 1. The summed E-state index contributed by atoms with van der Waals surface area (Å²) in [6.07, 6.45) is 1.86. The van der Waals surface area contributed by atoms with Crippen LogP contribution in [0, 0.1) is 11.8 Å². The van der Waals surface area contributed by atoms with Gasteiger partial charge in [0.15, 0.2) is 0 Å². The fourth-order valence-electron chi connectivity index (χ4n) is 7.14. The minimum absolute atomic E-state index is 0.107. The Labute approximate surface area is 235 Å². The molecule has 0 unspecified atom stereocenters. The van der Waals surface area contributed by atoms with Gasteiger partial charge in [-0.15, -0.1) is 0 Å². The van der Waals surface area contributed by atoms with Crippen LogP contribution in [0.1, 0.15) is 33.7 Å². The minimum Gasteiger partial charge on any atom is -0.278 e. The summed E-state index contributed by atoms with van der Waals surface area (Å²) in [6, 6.07) is 34.1. The Morgan fingerprint density at radius 2 is 1.48 bits per heavy atom. The Morgan fingerprint density at radius 1 is 0.825 bits per heavy atom. The molecule has 2 atom stereocenters. The Morgan fingerprint density at radius 3 is 2.20 bits per heavy atom. The zero-order valence-corrected chi connectivity index (χ0v) is 22.2. The largest absolute Gasteiger partial charge is 0.278 e. The summed E-state index contributed by atoms with van der Waals surface area (Å²) in [5.74, 6) is -1.50. The quantitative estimate of drug-likeness (QED) is 0.170. The number of hydrazone groups is 1. The van der Waals surface area contributed by atoms with Crippen molar-refractivity contribution in [2.75, 3.05) is 5.43 Å². The molecule has 5 aromatic rings. The number of fused-ring (bicyclic) bond motifs is 1. The molecule has 1 N–H and O–H groups in total. The van der Waals surface area contributed by atoms with Crippen LogP contribution in [0.3, 0.4) is 0 Å². The maximum atomic E-state index is 14.3. The van der Waals surface area contributed by atoms with Crippen molar-refractivity contribution in [2.24, 2.45) is 16.9 Å². The van der Waals surface area contributed by atoms with Crippen molar-refractivity contribution in [1.29, 1.82) is 0 Å². The van der Waals surface area contributed by atoms with Crippen molar-refractivity contribution in [2.45, 2.75) is 17.9 Å². The van der Waals surface area contributed by atoms with Gasteiger partial charge in [0, 0.05) is 12.1 Å². The molecular formula is C33H24N4O2S. The first-order chi connectivity index (χ1) is 19.7. The molecule has 3 aliphatic carbocycles. The minimum atomic E-state index is -0.894. The van der Waals surface area contributed by atoms with E-state index in [2.05, 4.69) is 34.7 Å². The van der Waals surface area contributed by atoms with Crippen molar-refractivity contribution < 1.29 is 9.59 Å². The van der Waals surface area contributed by atoms with Crippen LogP contribution in [0.5, 0.6) is 0 Å². The Balaban J connectivity index is 1.28. The first-order valence-electron chi connectivity index (χ1n) is 13.4. The number of nitrogens with zero attached hydrogens (tertiary/aromatic N) is 3. The lowest BCUT2D eigenvalue weighted by molar-refractivity contribution is -0.140. The highest BCUT2D eigenvalue weighted by molar-refractivity contribution is 7.22. The molecule has 194 valence electrons. The Kier molecular flexibility index (Phi) is 5.06. The van der Waals surface area contributed by atoms with Crippen LogP contribution in [0.4, 0.5) is 5.13 Å². The zero-order chi connectivity index (χ0) is 26.8. The third kappa shape index (κ3) is 3.15. The number of nitrogens with one attached hydrogen (secondary N) is 1. The number of hydrogen-bond donors (Lipinski definition) is 1. The average molecular weight is 541 g/mol. The zero-order valence-electron chi connectivity index (χ0n) is 21.4. The van der Waals surface area contributed by atoms with E-state index >= 15 is 0 Å². The molecular weight excluding hydrogens is 516 g/mol. The van der Waals surface area contributed by atoms with Crippen LogP contribution < -0.4 is 5.43 Å². The standard InChI is InChI=1S/C33H24N4O2S/c38-30-28-27-21-12-4-6-14-23(21)33(24-15-7-5-13-22(24)27,19-34-36-32-35-25-16-8-9-17-26(25)40-32)29(28)31(39)37(30)18-20-10-2-1-3-11-20/h1-17,19,27-29H,18H2,(H,35,36)/b34-19-/t27?,28-,29+,33?/m1/s1. The summed E-state index contributed by atoms with van der Waals surface area (Å²) < 4.78 is 1.07. The molecule has 1 saturated heterocycles. The van der Waals surface area contributed by atoms with Crippen molar-refractivity contribution >= 4 is 44.7 Å². The van der Waals surface area contributed by atoms with Crippen molar-refractivity contribution in [1.82, 2.24) is 9.88 Å². The lowest BCUT2D eigenvalue weighted by atomic mass is 9.47. The van der Waals surface area contributed by atoms with E-state index < -0.39 is 17.3 Å². The van der Waals surface area contributed by atoms with E-state index in [1.54, 1.807) is 0 Å². The fourth-order valence-corrected chi connectivity index (χ4v) is 7.96. The maximum Gasteiger partial charge on any atom is 0.235 e. The molecule has 6 nitrogen and oxygen atoms in total. The summed E-state index contributed by atoms with van der Waals surface area (Å²) in [6.45, 7) is 0.266. The van der Waals surface area contributed by atoms with E-state index in [-0.39, 0.29) is 24.3 Å². The monoisotopic (exact) mass is 540 g/mol. The van der Waals surface area contributed by atoms with Crippen LogP contribution in [0.2, 0.25) is 0 Å². The number of imide groups is 1. The number of carbonyl (C=O) groups is 2. The molecule has 7 heteroatoms. The van der Waals surface area contributed by atoms with E-state index in [0.29, 0.717) is 5.13 Å². The Hall–Kier alpha value is -4.62. The van der Waals surface area contributed by atoms with Gasteiger partial charge in [-0.25, -0.2) is 4.98 Å². The Bertz CT molecular complexity index is 1770. The summed E-state index contributed by atoms with van der Waals surface area (Å²) >= 11 is 1.53. The smallest absolute Gasteiger partial charge is 0.235 e. The van der Waals surface area contributed by atoms with Gasteiger partial charge < -0.3 is 0 Å². The first-order valence-corrected chi connectivity index (χ1v) is 14.2. The molecule has 0 spiro atoms. The van der Waals surface area contributed by atoms with Gasteiger partial charge in [-0.2, -0.15) is 5.10 Å². The first kappa shape index (κ1) is 23.3. The molecule has 2 heterocycles. The highest BCUT2D eigenvalue weighted by atomic mass is 32.1. The number of likely N-dealkylation sites (tertiary alicyclic amines) is 1. The lowest BCUT2D eigenvalue weighted by Crippen LogP contribution is -2.54. The number of aromatic nitrogens is 1. The van der Waals surface area contributed by atoms with E-state index in [9.17, 15) is 9.59 Å². The maximum absolute atomic E-state index is 14.3. The number of amides is 2. The molecule has 40 heavy (non-hydrogen) atoms. The van der Waals surface area contributed by atoms with Crippen LogP contribution >= 0.6 is 11.3 Å². The summed E-state index contributed by atoms with van der Waals surface area (Å²) in [5.41, 5.74) is 8.36. The van der Waals surface area contributed by atoms with Crippen molar-refractivity contribution in [3.05, 3.63) is 131 Å². The molecule has 0 saturated carbocycles. The molecule has 1 fully saturated rings. The SMILES string of the molecule is O=C1[C@@H]2C3c4ccccc4C(/C=N\Nc4nc5ccccc5s4)(c4ccccc43)[C@@H]2C(=O)N1Cc1ccccc1. The predicted octanol–water partition coefficient (Wildman–Crippen LogP) is 5.94. The van der Waals surface area contributed by atoms with Crippen LogP contribution in [0.25, 0.3) is 10.2 Å².